The van der Waals surface area contributed by atoms with Crippen LogP contribution in [0.5, 0.6) is 0 Å². The number of carbonyl (C=O) groups is 2. The van der Waals surface area contributed by atoms with E-state index in [0.29, 0.717) is 0 Å². The zero-order chi connectivity index (χ0) is 14.1. The number of hydrogen-bond acceptors (Lipinski definition) is 3. The average molecular weight is 276 g/mol. The van der Waals surface area contributed by atoms with Gasteiger partial charge in [0, 0.05) is 6.54 Å². The van der Waals surface area contributed by atoms with Crippen LogP contribution in [0.4, 0.5) is 22.0 Å². The number of primary amides is 1. The number of hydrogen-bond donors (Lipinski definition) is 1. The van der Waals surface area contributed by atoms with Gasteiger partial charge in [0.1, 0.15) is 6.04 Å². The summed E-state index contributed by atoms with van der Waals surface area (Å²) in [5.74, 6) is -9.26. The van der Waals surface area contributed by atoms with Gasteiger partial charge in [0.15, 0.2) is 0 Å². The fourth-order valence-electron chi connectivity index (χ4n) is 1.38. The van der Waals surface area contributed by atoms with E-state index in [-0.39, 0.29) is 11.5 Å². The molecular weight excluding hydrogens is 267 g/mol. The number of halogens is 5. The Bertz CT molecular complexity index is 357. The molecule has 0 aromatic heterocycles. The van der Waals surface area contributed by atoms with Crippen LogP contribution in [-0.4, -0.2) is 54.6 Å². The van der Waals surface area contributed by atoms with Crippen molar-refractivity contribution in [1.82, 2.24) is 4.90 Å². The molecule has 0 bridgehead atoms. The van der Waals surface area contributed by atoms with Crippen molar-refractivity contribution in [3.63, 3.8) is 0 Å². The molecule has 1 fully saturated rings. The van der Waals surface area contributed by atoms with Gasteiger partial charge in [-0.25, -0.2) is 0 Å². The summed E-state index contributed by atoms with van der Waals surface area (Å²) in [6.07, 6.45) is -6.02. The molecule has 0 spiro atoms. The monoisotopic (exact) mass is 276 g/mol. The number of nitrogens with zero attached hydrogens (tertiary/aromatic N) is 1. The number of morpholine rings is 1. The lowest BCUT2D eigenvalue weighted by molar-refractivity contribution is -0.276. The second-order valence-electron chi connectivity index (χ2n) is 3.56. The third kappa shape index (κ3) is 2.52. The molecule has 104 valence electrons. The summed E-state index contributed by atoms with van der Waals surface area (Å²) in [4.78, 5) is 22.1. The van der Waals surface area contributed by atoms with Gasteiger partial charge in [-0.1, -0.05) is 0 Å². The Kier molecular flexibility index (Phi) is 3.79. The average Bonchev–Trinajstić information content (AvgIpc) is 2.26. The molecule has 2 amide bonds. The molecule has 0 saturated carbocycles. The van der Waals surface area contributed by atoms with Crippen LogP contribution in [0.1, 0.15) is 0 Å². The molecule has 1 aliphatic rings. The molecule has 2 N–H and O–H groups in total. The second kappa shape index (κ2) is 4.67. The lowest BCUT2D eigenvalue weighted by Crippen LogP contribution is -2.61. The number of rotatable bonds is 2. The first-order valence-electron chi connectivity index (χ1n) is 4.71. The van der Waals surface area contributed by atoms with Crippen LogP contribution < -0.4 is 5.73 Å². The van der Waals surface area contributed by atoms with Crippen molar-refractivity contribution in [2.24, 2.45) is 5.73 Å². The number of ether oxygens (including phenoxy) is 1. The van der Waals surface area contributed by atoms with Crippen molar-refractivity contribution >= 4 is 11.8 Å². The Morgan fingerprint density at radius 1 is 1.22 bits per heavy atom. The van der Waals surface area contributed by atoms with E-state index in [9.17, 15) is 31.5 Å². The van der Waals surface area contributed by atoms with Crippen molar-refractivity contribution in [3.05, 3.63) is 0 Å². The lowest BCUT2D eigenvalue weighted by Gasteiger charge is -2.35. The van der Waals surface area contributed by atoms with Crippen molar-refractivity contribution < 1.29 is 36.3 Å². The molecule has 1 rings (SSSR count). The van der Waals surface area contributed by atoms with E-state index in [4.69, 9.17) is 10.5 Å². The standard InChI is InChI=1S/C8H9F5N2O3/c9-7(10,8(11,12)13)6(17)15-1-2-18-3-4(15)5(14)16/h4H,1-3H2,(H2,14,16). The van der Waals surface area contributed by atoms with Gasteiger partial charge < -0.3 is 15.4 Å². The second-order valence-corrected chi connectivity index (χ2v) is 3.56. The summed E-state index contributed by atoms with van der Waals surface area (Å²) in [7, 11) is 0. The predicted octanol–water partition coefficient (Wildman–Crippen LogP) is -0.103. The summed E-state index contributed by atoms with van der Waals surface area (Å²) in [5.41, 5.74) is 4.81. The quantitative estimate of drug-likeness (QED) is 0.716. The van der Waals surface area contributed by atoms with E-state index >= 15 is 0 Å². The summed E-state index contributed by atoms with van der Waals surface area (Å²) < 4.78 is 66.4. The maximum Gasteiger partial charge on any atom is 0.463 e. The molecular formula is C8H9F5N2O3. The van der Waals surface area contributed by atoms with Gasteiger partial charge in [0.2, 0.25) is 5.91 Å². The van der Waals surface area contributed by atoms with E-state index in [1.807, 2.05) is 0 Å². The molecule has 1 aliphatic heterocycles. The molecule has 18 heavy (non-hydrogen) atoms. The van der Waals surface area contributed by atoms with Crippen LogP contribution in [0.3, 0.4) is 0 Å². The van der Waals surface area contributed by atoms with Gasteiger partial charge >= 0.3 is 18.0 Å². The first-order chi connectivity index (χ1) is 8.09. The highest BCUT2D eigenvalue weighted by Gasteiger charge is 2.65. The van der Waals surface area contributed by atoms with E-state index in [0.717, 1.165) is 0 Å². The molecule has 0 radical (unpaired) electrons. The van der Waals surface area contributed by atoms with Gasteiger partial charge in [0.05, 0.1) is 13.2 Å². The van der Waals surface area contributed by atoms with Gasteiger partial charge in [-0.15, -0.1) is 0 Å². The molecule has 0 aromatic rings. The van der Waals surface area contributed by atoms with Crippen LogP contribution >= 0.6 is 0 Å². The smallest absolute Gasteiger partial charge is 0.377 e. The molecule has 1 atom stereocenters. The van der Waals surface area contributed by atoms with E-state index < -0.39 is 43.1 Å². The topological polar surface area (TPSA) is 72.6 Å². The Hall–Kier alpha value is -1.45. The SMILES string of the molecule is NC(=O)C1COCCN1C(=O)C(F)(F)C(F)(F)F. The molecule has 10 heteroatoms. The highest BCUT2D eigenvalue weighted by molar-refractivity contribution is 5.90. The molecule has 0 aliphatic carbocycles. The lowest BCUT2D eigenvalue weighted by atomic mass is 10.1. The normalized spacial score (nSPS) is 21.8. The van der Waals surface area contributed by atoms with Crippen molar-refractivity contribution in [2.45, 2.75) is 18.1 Å². The Balaban J connectivity index is 2.97. The Labute approximate surface area is 97.7 Å². The summed E-state index contributed by atoms with van der Waals surface area (Å²) >= 11 is 0. The van der Waals surface area contributed by atoms with Crippen LogP contribution in [0.25, 0.3) is 0 Å². The summed E-state index contributed by atoms with van der Waals surface area (Å²) in [5, 5.41) is 0. The van der Waals surface area contributed by atoms with Crippen molar-refractivity contribution in [3.8, 4) is 0 Å². The summed E-state index contributed by atoms with van der Waals surface area (Å²) in [6.45, 7) is -1.31. The van der Waals surface area contributed by atoms with Gasteiger partial charge in [-0.05, 0) is 0 Å². The third-order valence-corrected chi connectivity index (χ3v) is 2.34. The fourth-order valence-corrected chi connectivity index (χ4v) is 1.38. The van der Waals surface area contributed by atoms with Crippen molar-refractivity contribution in [1.29, 1.82) is 0 Å². The largest absolute Gasteiger partial charge is 0.463 e. The number of nitrogens with two attached hydrogens (primary N) is 1. The molecule has 1 heterocycles. The zero-order valence-corrected chi connectivity index (χ0v) is 8.84. The van der Waals surface area contributed by atoms with Crippen LogP contribution in [-0.2, 0) is 14.3 Å². The minimum absolute atomic E-state index is 0.0966. The fraction of sp³-hybridized carbons (Fsp3) is 0.750. The first-order valence-corrected chi connectivity index (χ1v) is 4.71. The summed E-state index contributed by atoms with van der Waals surface area (Å²) in [6, 6.07) is -1.63. The molecule has 0 aromatic carbocycles. The molecule has 1 saturated heterocycles. The number of carbonyl (C=O) groups excluding carboxylic acids is 2. The highest BCUT2D eigenvalue weighted by Crippen LogP contribution is 2.37. The molecule has 5 nitrogen and oxygen atoms in total. The van der Waals surface area contributed by atoms with E-state index in [2.05, 4.69) is 0 Å². The zero-order valence-electron chi connectivity index (χ0n) is 8.84. The highest BCUT2D eigenvalue weighted by atomic mass is 19.4. The Morgan fingerprint density at radius 3 is 2.22 bits per heavy atom. The third-order valence-electron chi connectivity index (χ3n) is 2.34. The predicted molar refractivity (Wildman–Crippen MR) is 46.5 cm³/mol. The van der Waals surface area contributed by atoms with E-state index in [1.54, 1.807) is 0 Å². The maximum atomic E-state index is 12.8. The number of amides is 2. The Morgan fingerprint density at radius 2 is 1.78 bits per heavy atom. The van der Waals surface area contributed by atoms with Crippen LogP contribution in [0, 0.1) is 0 Å². The first kappa shape index (κ1) is 14.6. The maximum absolute atomic E-state index is 12.8. The molecule has 1 unspecified atom stereocenters. The number of alkyl halides is 5. The minimum atomic E-state index is -6.02. The van der Waals surface area contributed by atoms with Crippen LogP contribution in [0.2, 0.25) is 0 Å². The van der Waals surface area contributed by atoms with E-state index in [1.165, 1.54) is 0 Å². The van der Waals surface area contributed by atoms with Gasteiger partial charge in [0.25, 0.3) is 0 Å². The van der Waals surface area contributed by atoms with Crippen LogP contribution in [0.15, 0.2) is 0 Å². The minimum Gasteiger partial charge on any atom is -0.377 e. The van der Waals surface area contributed by atoms with Gasteiger partial charge in [-0.2, -0.15) is 22.0 Å². The van der Waals surface area contributed by atoms with Gasteiger partial charge in [-0.3, -0.25) is 9.59 Å². The van der Waals surface area contributed by atoms with Crippen molar-refractivity contribution in [2.75, 3.05) is 19.8 Å².